The molecule has 1 saturated carbocycles. The second-order valence-electron chi connectivity index (χ2n) is 7.64. The number of hydrogen-bond acceptors (Lipinski definition) is 2. The first kappa shape index (κ1) is 16.7. The van der Waals surface area contributed by atoms with Crippen LogP contribution < -0.4 is 0 Å². The van der Waals surface area contributed by atoms with E-state index >= 15 is 0 Å². The largest absolute Gasteiger partial charge is 0.370 e. The van der Waals surface area contributed by atoms with E-state index in [9.17, 15) is 0 Å². The molecular weight excluding hydrogens is 332 g/mol. The molecule has 0 N–H and O–H groups in total. The number of ether oxygens (including phenoxy) is 2. The predicted molar refractivity (Wildman–Crippen MR) is 107 cm³/mol. The van der Waals surface area contributed by atoms with Crippen molar-refractivity contribution in [3.8, 4) is 0 Å². The molecule has 2 nitrogen and oxygen atoms in total. The Morgan fingerprint density at radius 1 is 0.667 bits per heavy atom. The van der Waals surface area contributed by atoms with Crippen molar-refractivity contribution < 1.29 is 9.47 Å². The standard InChI is InChI=1S/C25H24O2/c1-4-10-20(11-5-1)25(21-12-6-2-7-13-21,22-14-8-3-9-15-22)26-18-19-16-23-24(17-19)27-23/h1-15,19,23-24H,16-18H2/t19?,23-,24+. The summed E-state index contributed by atoms with van der Waals surface area (Å²) in [6.07, 6.45) is 3.22. The molecule has 3 atom stereocenters. The third-order valence-electron chi connectivity index (χ3n) is 5.90. The SMILES string of the molecule is c1ccc(C(OCC2C[C@@H]3O[C@@H]3C2)(c2ccccc2)c2ccccc2)cc1. The van der Waals surface area contributed by atoms with Crippen LogP contribution in [0.15, 0.2) is 91.0 Å². The van der Waals surface area contributed by atoms with Gasteiger partial charge in [0.1, 0.15) is 5.60 Å². The fraction of sp³-hybridized carbons (Fsp3) is 0.280. The summed E-state index contributed by atoms with van der Waals surface area (Å²) >= 11 is 0. The maximum atomic E-state index is 6.89. The van der Waals surface area contributed by atoms with E-state index in [1.807, 2.05) is 0 Å². The molecule has 1 saturated heterocycles. The van der Waals surface area contributed by atoms with Gasteiger partial charge >= 0.3 is 0 Å². The molecule has 2 fully saturated rings. The molecule has 1 aliphatic carbocycles. The van der Waals surface area contributed by atoms with Gasteiger partial charge in [0, 0.05) is 0 Å². The van der Waals surface area contributed by atoms with E-state index in [2.05, 4.69) is 91.0 Å². The Bertz CT molecular complexity index is 769. The highest BCUT2D eigenvalue weighted by molar-refractivity contribution is 5.47. The molecule has 1 heterocycles. The van der Waals surface area contributed by atoms with Gasteiger partial charge in [-0.25, -0.2) is 0 Å². The molecule has 1 unspecified atom stereocenters. The van der Waals surface area contributed by atoms with Crippen LogP contribution in [0.4, 0.5) is 0 Å². The van der Waals surface area contributed by atoms with Crippen molar-refractivity contribution in [3.63, 3.8) is 0 Å². The minimum atomic E-state index is -0.600. The predicted octanol–water partition coefficient (Wildman–Crippen LogP) is 5.17. The third kappa shape index (κ3) is 3.09. The molecule has 5 rings (SSSR count). The Hall–Kier alpha value is -2.42. The topological polar surface area (TPSA) is 21.8 Å². The number of rotatable bonds is 6. The molecule has 3 aromatic carbocycles. The number of benzene rings is 3. The molecule has 0 bridgehead atoms. The summed E-state index contributed by atoms with van der Waals surface area (Å²) in [5.74, 6) is 0.573. The molecule has 136 valence electrons. The van der Waals surface area contributed by atoms with Crippen LogP contribution in [0.1, 0.15) is 29.5 Å². The second kappa shape index (κ2) is 6.95. The van der Waals surface area contributed by atoms with Crippen molar-refractivity contribution >= 4 is 0 Å². The van der Waals surface area contributed by atoms with Crippen molar-refractivity contribution in [2.24, 2.45) is 5.92 Å². The highest BCUT2D eigenvalue weighted by atomic mass is 16.6. The molecule has 0 radical (unpaired) electrons. The van der Waals surface area contributed by atoms with Gasteiger partial charge in [-0.2, -0.15) is 0 Å². The van der Waals surface area contributed by atoms with Gasteiger partial charge in [-0.15, -0.1) is 0 Å². The van der Waals surface area contributed by atoms with Gasteiger partial charge in [-0.3, -0.25) is 0 Å². The summed E-state index contributed by atoms with van der Waals surface area (Å²) < 4.78 is 12.5. The summed E-state index contributed by atoms with van der Waals surface area (Å²) in [5.41, 5.74) is 2.91. The zero-order valence-corrected chi connectivity index (χ0v) is 15.3. The van der Waals surface area contributed by atoms with E-state index < -0.39 is 5.60 Å². The van der Waals surface area contributed by atoms with Crippen LogP contribution in [0, 0.1) is 5.92 Å². The van der Waals surface area contributed by atoms with E-state index in [-0.39, 0.29) is 0 Å². The van der Waals surface area contributed by atoms with E-state index in [4.69, 9.17) is 9.47 Å². The first-order valence-electron chi connectivity index (χ1n) is 9.82. The lowest BCUT2D eigenvalue weighted by atomic mass is 9.80. The van der Waals surface area contributed by atoms with E-state index in [1.165, 1.54) is 16.7 Å². The average molecular weight is 356 g/mol. The molecule has 27 heavy (non-hydrogen) atoms. The second-order valence-corrected chi connectivity index (χ2v) is 7.64. The lowest BCUT2D eigenvalue weighted by Crippen LogP contribution is -2.34. The Balaban J connectivity index is 1.59. The summed E-state index contributed by atoms with van der Waals surface area (Å²) in [7, 11) is 0. The fourth-order valence-corrected chi connectivity index (χ4v) is 4.49. The summed E-state index contributed by atoms with van der Waals surface area (Å²) in [5, 5.41) is 0. The molecule has 2 aliphatic rings. The van der Waals surface area contributed by atoms with Gasteiger partial charge in [0.2, 0.25) is 0 Å². The molecule has 0 amide bonds. The van der Waals surface area contributed by atoms with Gasteiger partial charge < -0.3 is 9.47 Å². The molecule has 2 heteroatoms. The van der Waals surface area contributed by atoms with Crippen LogP contribution >= 0.6 is 0 Å². The zero-order chi connectivity index (χ0) is 18.1. The van der Waals surface area contributed by atoms with Crippen LogP contribution in [-0.4, -0.2) is 18.8 Å². The van der Waals surface area contributed by atoms with Crippen molar-refractivity contribution in [1.29, 1.82) is 0 Å². The van der Waals surface area contributed by atoms with Crippen LogP contribution in [0.5, 0.6) is 0 Å². The quantitative estimate of drug-likeness (QED) is 0.449. The van der Waals surface area contributed by atoms with E-state index in [0.717, 1.165) is 19.4 Å². The summed E-state index contributed by atoms with van der Waals surface area (Å²) in [4.78, 5) is 0. The first-order valence-corrected chi connectivity index (χ1v) is 9.82. The van der Waals surface area contributed by atoms with Gasteiger partial charge in [-0.05, 0) is 35.4 Å². The van der Waals surface area contributed by atoms with E-state index in [1.54, 1.807) is 0 Å². The van der Waals surface area contributed by atoms with Gasteiger partial charge in [0.25, 0.3) is 0 Å². The van der Waals surface area contributed by atoms with Crippen LogP contribution in [-0.2, 0) is 15.1 Å². The smallest absolute Gasteiger partial charge is 0.143 e. The third-order valence-corrected chi connectivity index (χ3v) is 5.90. The van der Waals surface area contributed by atoms with E-state index in [0.29, 0.717) is 18.1 Å². The average Bonchev–Trinajstić information content (AvgIpc) is 3.36. The molecule has 3 aromatic rings. The lowest BCUT2D eigenvalue weighted by Gasteiger charge is -2.37. The maximum absolute atomic E-state index is 6.89. The highest BCUT2D eigenvalue weighted by Gasteiger charge is 2.48. The van der Waals surface area contributed by atoms with Crippen LogP contribution in [0.3, 0.4) is 0 Å². The number of epoxide rings is 1. The monoisotopic (exact) mass is 356 g/mol. The van der Waals surface area contributed by atoms with Crippen molar-refractivity contribution in [3.05, 3.63) is 108 Å². The Morgan fingerprint density at radius 2 is 1.07 bits per heavy atom. The molecule has 0 spiro atoms. The Labute approximate surface area is 160 Å². The highest BCUT2D eigenvalue weighted by Crippen LogP contribution is 2.45. The zero-order valence-electron chi connectivity index (χ0n) is 15.3. The minimum absolute atomic E-state index is 0.484. The minimum Gasteiger partial charge on any atom is -0.370 e. The van der Waals surface area contributed by atoms with Crippen molar-refractivity contribution in [1.82, 2.24) is 0 Å². The molecular formula is C25H24O2. The lowest BCUT2D eigenvalue weighted by molar-refractivity contribution is -0.0128. The Kier molecular flexibility index (Phi) is 4.31. The number of fused-ring (bicyclic) bond motifs is 1. The van der Waals surface area contributed by atoms with Crippen molar-refractivity contribution in [2.45, 2.75) is 30.7 Å². The molecule has 1 aliphatic heterocycles. The summed E-state index contributed by atoms with van der Waals surface area (Å²) in [6.45, 7) is 0.745. The fourth-order valence-electron chi connectivity index (χ4n) is 4.49. The van der Waals surface area contributed by atoms with Crippen LogP contribution in [0.2, 0.25) is 0 Å². The first-order chi connectivity index (χ1) is 13.4. The summed E-state index contributed by atoms with van der Waals surface area (Å²) in [6, 6.07) is 31.8. The maximum Gasteiger partial charge on any atom is 0.143 e. The van der Waals surface area contributed by atoms with Crippen LogP contribution in [0.25, 0.3) is 0 Å². The van der Waals surface area contributed by atoms with Gasteiger partial charge in [0.15, 0.2) is 0 Å². The van der Waals surface area contributed by atoms with Gasteiger partial charge in [0.05, 0.1) is 18.8 Å². The normalized spacial score (nSPS) is 23.8. The van der Waals surface area contributed by atoms with Crippen molar-refractivity contribution in [2.75, 3.05) is 6.61 Å². The number of hydrogen-bond donors (Lipinski definition) is 0. The van der Waals surface area contributed by atoms with Gasteiger partial charge in [-0.1, -0.05) is 91.0 Å². The Morgan fingerprint density at radius 3 is 1.48 bits per heavy atom. The molecule has 0 aromatic heterocycles.